The molecular formula is C26H29FN2O3. The van der Waals surface area contributed by atoms with Gasteiger partial charge in [-0.25, -0.2) is 9.18 Å². The summed E-state index contributed by atoms with van der Waals surface area (Å²) in [5, 5.41) is 4.53. The number of benzene rings is 2. The third-order valence-electron chi connectivity index (χ3n) is 6.84. The molecule has 1 aliphatic carbocycles. The van der Waals surface area contributed by atoms with E-state index >= 15 is 4.39 Å². The van der Waals surface area contributed by atoms with Gasteiger partial charge in [-0.1, -0.05) is 33.8 Å². The summed E-state index contributed by atoms with van der Waals surface area (Å²) in [7, 11) is 1.52. The highest BCUT2D eigenvalue weighted by molar-refractivity contribution is 6.14. The maximum atomic E-state index is 15.9. The van der Waals surface area contributed by atoms with Gasteiger partial charge in [-0.15, -0.1) is 0 Å². The third kappa shape index (κ3) is 3.57. The van der Waals surface area contributed by atoms with Crippen molar-refractivity contribution in [1.29, 1.82) is 0 Å². The van der Waals surface area contributed by atoms with E-state index in [0.717, 1.165) is 24.0 Å². The number of amides is 3. The van der Waals surface area contributed by atoms with Gasteiger partial charge < -0.3 is 10.1 Å². The quantitative estimate of drug-likeness (QED) is 0.504. The van der Waals surface area contributed by atoms with Crippen LogP contribution in [0.15, 0.2) is 30.0 Å². The van der Waals surface area contributed by atoms with Crippen LogP contribution in [0.4, 0.5) is 9.18 Å². The number of fused-ring (bicyclic) bond motifs is 1. The van der Waals surface area contributed by atoms with Crippen molar-refractivity contribution >= 4 is 18.0 Å². The van der Waals surface area contributed by atoms with Gasteiger partial charge in [0.15, 0.2) is 0 Å². The number of hydrogen-bond donors (Lipinski definition) is 2. The van der Waals surface area contributed by atoms with E-state index in [4.69, 9.17) is 4.74 Å². The minimum atomic E-state index is -0.620. The maximum Gasteiger partial charge on any atom is 0.326 e. The molecular weight excluding hydrogens is 407 g/mol. The van der Waals surface area contributed by atoms with Crippen LogP contribution in [-0.2, 0) is 15.6 Å². The first-order chi connectivity index (χ1) is 14.9. The molecule has 1 heterocycles. The molecule has 1 aliphatic heterocycles. The highest BCUT2D eigenvalue weighted by atomic mass is 19.1. The second kappa shape index (κ2) is 7.47. The standard InChI is InChI=1S/C26H29FN2O3/c1-14-11-17-18(26(4,5)10-9-25(17,2)3)13-16(14)21-20(32-6)8-7-15(22(21)27)12-19-23(30)29-24(31)28-19/h7-8,11-13H,9-10H2,1-6H3,(H2,28,29,30,31)/b19-12+. The Hall–Kier alpha value is -3.15. The van der Waals surface area contributed by atoms with Crippen LogP contribution >= 0.6 is 0 Å². The van der Waals surface area contributed by atoms with Crippen molar-refractivity contribution in [2.24, 2.45) is 0 Å². The molecule has 0 saturated carbocycles. The van der Waals surface area contributed by atoms with E-state index in [9.17, 15) is 9.59 Å². The molecule has 0 atom stereocenters. The van der Waals surface area contributed by atoms with Crippen LogP contribution in [0.3, 0.4) is 0 Å². The number of methoxy groups -OCH3 is 1. The van der Waals surface area contributed by atoms with E-state index < -0.39 is 17.8 Å². The van der Waals surface area contributed by atoms with E-state index in [-0.39, 0.29) is 22.1 Å². The van der Waals surface area contributed by atoms with Crippen LogP contribution in [0, 0.1) is 12.7 Å². The lowest BCUT2D eigenvalue weighted by Gasteiger charge is -2.42. The Balaban J connectivity index is 1.93. The van der Waals surface area contributed by atoms with E-state index in [1.165, 1.54) is 24.3 Å². The van der Waals surface area contributed by atoms with Gasteiger partial charge in [0.25, 0.3) is 5.91 Å². The van der Waals surface area contributed by atoms with Gasteiger partial charge in [0, 0.05) is 5.56 Å². The SMILES string of the molecule is COc1ccc(/C=C2/NC(=O)NC2=O)c(F)c1-c1cc2c(cc1C)C(C)(C)CCC2(C)C. The van der Waals surface area contributed by atoms with Crippen LogP contribution < -0.4 is 15.4 Å². The van der Waals surface area contributed by atoms with Gasteiger partial charge in [-0.05, 0) is 77.1 Å². The lowest BCUT2D eigenvalue weighted by Crippen LogP contribution is -2.34. The molecule has 2 aromatic carbocycles. The van der Waals surface area contributed by atoms with Gasteiger partial charge in [0.2, 0.25) is 0 Å². The maximum absolute atomic E-state index is 15.9. The number of imide groups is 1. The predicted molar refractivity (Wildman–Crippen MR) is 123 cm³/mol. The van der Waals surface area contributed by atoms with Crippen LogP contribution in [0.5, 0.6) is 5.75 Å². The number of ether oxygens (including phenoxy) is 1. The van der Waals surface area contributed by atoms with E-state index in [1.807, 2.05) is 6.92 Å². The zero-order valence-corrected chi connectivity index (χ0v) is 19.4. The molecule has 0 spiro atoms. The number of carbonyl (C=O) groups is 2. The first kappa shape index (κ1) is 22.1. The van der Waals surface area contributed by atoms with Crippen molar-refractivity contribution in [1.82, 2.24) is 10.6 Å². The van der Waals surface area contributed by atoms with Crippen molar-refractivity contribution in [2.75, 3.05) is 7.11 Å². The molecule has 3 amide bonds. The molecule has 2 aromatic rings. The van der Waals surface area contributed by atoms with Crippen molar-refractivity contribution in [3.8, 4) is 16.9 Å². The molecule has 0 aromatic heterocycles. The predicted octanol–water partition coefficient (Wildman–Crippen LogP) is 5.34. The smallest absolute Gasteiger partial charge is 0.326 e. The van der Waals surface area contributed by atoms with Crippen LogP contribution in [0.1, 0.15) is 62.8 Å². The normalized spacial score (nSPS) is 20.0. The molecule has 2 N–H and O–H groups in total. The molecule has 4 rings (SSSR count). The Morgan fingerprint density at radius 3 is 2.19 bits per heavy atom. The van der Waals surface area contributed by atoms with E-state index in [0.29, 0.717) is 11.3 Å². The monoisotopic (exact) mass is 436 g/mol. The largest absolute Gasteiger partial charge is 0.496 e. The fourth-order valence-electron chi connectivity index (χ4n) is 4.74. The molecule has 0 bridgehead atoms. The topological polar surface area (TPSA) is 67.4 Å². The summed E-state index contributed by atoms with van der Waals surface area (Å²) in [6, 6.07) is 6.90. The Bertz CT molecular complexity index is 1180. The second-order valence-corrected chi connectivity index (χ2v) is 9.99. The number of urea groups is 1. The van der Waals surface area contributed by atoms with Crippen LogP contribution in [0.25, 0.3) is 17.2 Å². The Morgan fingerprint density at radius 2 is 1.62 bits per heavy atom. The number of rotatable bonds is 3. The highest BCUT2D eigenvalue weighted by Crippen LogP contribution is 2.48. The summed E-state index contributed by atoms with van der Waals surface area (Å²) in [5.74, 6) is -0.664. The molecule has 0 unspecified atom stereocenters. The van der Waals surface area contributed by atoms with Crippen LogP contribution in [0.2, 0.25) is 0 Å². The van der Waals surface area contributed by atoms with Gasteiger partial charge in [-0.2, -0.15) is 0 Å². The lowest BCUT2D eigenvalue weighted by molar-refractivity contribution is -0.115. The fourth-order valence-corrected chi connectivity index (χ4v) is 4.74. The molecule has 0 radical (unpaired) electrons. The zero-order chi connectivity index (χ0) is 23.4. The van der Waals surface area contributed by atoms with Crippen molar-refractivity contribution in [2.45, 2.75) is 58.3 Å². The van der Waals surface area contributed by atoms with Gasteiger partial charge >= 0.3 is 6.03 Å². The third-order valence-corrected chi connectivity index (χ3v) is 6.84. The summed E-state index contributed by atoms with van der Waals surface area (Å²) in [4.78, 5) is 23.3. The lowest BCUT2D eigenvalue weighted by atomic mass is 9.62. The number of carbonyl (C=O) groups excluding carboxylic acids is 2. The van der Waals surface area contributed by atoms with Crippen molar-refractivity contribution < 1.29 is 18.7 Å². The van der Waals surface area contributed by atoms with Crippen molar-refractivity contribution in [3.63, 3.8) is 0 Å². The fraction of sp³-hybridized carbons (Fsp3) is 0.385. The molecule has 5 nitrogen and oxygen atoms in total. The zero-order valence-electron chi connectivity index (χ0n) is 19.4. The summed E-state index contributed by atoms with van der Waals surface area (Å²) in [6.07, 6.45) is 3.50. The Morgan fingerprint density at radius 1 is 1.00 bits per heavy atom. The average molecular weight is 437 g/mol. The number of aryl methyl sites for hydroxylation is 1. The van der Waals surface area contributed by atoms with Gasteiger partial charge in [0.1, 0.15) is 17.3 Å². The molecule has 32 heavy (non-hydrogen) atoms. The Labute approximate surface area is 188 Å². The number of halogens is 1. The van der Waals surface area contributed by atoms with E-state index in [2.05, 4.69) is 50.5 Å². The summed E-state index contributed by atoms with van der Waals surface area (Å²) >= 11 is 0. The molecule has 2 aliphatic rings. The number of hydrogen-bond acceptors (Lipinski definition) is 3. The van der Waals surface area contributed by atoms with Gasteiger partial charge in [0.05, 0.1) is 12.7 Å². The molecule has 168 valence electrons. The minimum absolute atomic E-state index is 0.00932. The summed E-state index contributed by atoms with van der Waals surface area (Å²) in [6.45, 7) is 11.0. The number of nitrogens with one attached hydrogen (secondary N) is 2. The molecule has 1 fully saturated rings. The van der Waals surface area contributed by atoms with Crippen molar-refractivity contribution in [3.05, 3.63) is 58.0 Å². The summed E-state index contributed by atoms with van der Waals surface area (Å²) < 4.78 is 21.4. The molecule has 6 heteroatoms. The minimum Gasteiger partial charge on any atom is -0.496 e. The Kier molecular flexibility index (Phi) is 5.15. The summed E-state index contributed by atoms with van der Waals surface area (Å²) in [5.41, 5.74) is 4.85. The first-order valence-corrected chi connectivity index (χ1v) is 10.8. The van der Waals surface area contributed by atoms with E-state index in [1.54, 1.807) is 12.1 Å². The average Bonchev–Trinajstić information content (AvgIpc) is 3.04. The first-order valence-electron chi connectivity index (χ1n) is 10.8. The second-order valence-electron chi connectivity index (χ2n) is 9.99. The van der Waals surface area contributed by atoms with Crippen LogP contribution in [-0.4, -0.2) is 19.0 Å². The highest BCUT2D eigenvalue weighted by Gasteiger charge is 2.38. The van der Waals surface area contributed by atoms with Gasteiger partial charge in [-0.3, -0.25) is 10.1 Å². The molecule has 1 saturated heterocycles.